The molecule has 1 aromatic rings. The molecule has 0 radical (unpaired) electrons. The van der Waals surface area contributed by atoms with E-state index in [4.69, 9.17) is 0 Å². The third kappa shape index (κ3) is 3.45. The van der Waals surface area contributed by atoms with Gasteiger partial charge >= 0.3 is 0 Å². The zero-order chi connectivity index (χ0) is 13.8. The smallest absolute Gasteiger partial charge is 0.0367 e. The predicted octanol–water partition coefficient (Wildman–Crippen LogP) is 3.23. The summed E-state index contributed by atoms with van der Waals surface area (Å²) in [5.41, 5.74) is 2.62. The molecule has 2 fully saturated rings. The van der Waals surface area contributed by atoms with Gasteiger partial charge in [0.25, 0.3) is 0 Å². The predicted molar refractivity (Wildman–Crippen MR) is 86.6 cm³/mol. The van der Waals surface area contributed by atoms with Gasteiger partial charge in [-0.2, -0.15) is 0 Å². The average Bonchev–Trinajstić information content (AvgIpc) is 3.12. The summed E-state index contributed by atoms with van der Waals surface area (Å²) in [7, 11) is 0. The molecule has 3 rings (SSSR count). The van der Waals surface area contributed by atoms with E-state index in [0.717, 1.165) is 0 Å². The maximum atomic E-state index is 3.63. The van der Waals surface area contributed by atoms with Crippen molar-refractivity contribution >= 4 is 11.4 Å². The van der Waals surface area contributed by atoms with Gasteiger partial charge in [0.1, 0.15) is 0 Å². The van der Waals surface area contributed by atoms with E-state index in [2.05, 4.69) is 46.7 Å². The molecule has 2 heterocycles. The average molecular weight is 273 g/mol. The van der Waals surface area contributed by atoms with E-state index >= 15 is 0 Å². The molecule has 0 spiro atoms. The van der Waals surface area contributed by atoms with Gasteiger partial charge in [-0.15, -0.1) is 0 Å². The molecule has 2 N–H and O–H groups in total. The molecule has 3 nitrogen and oxygen atoms in total. The van der Waals surface area contributed by atoms with Gasteiger partial charge in [-0.3, -0.25) is 0 Å². The van der Waals surface area contributed by atoms with Crippen molar-refractivity contribution in [3.05, 3.63) is 24.3 Å². The Kier molecular flexibility index (Phi) is 4.46. The summed E-state index contributed by atoms with van der Waals surface area (Å²) < 4.78 is 0. The highest BCUT2D eigenvalue weighted by Gasteiger charge is 2.17. The molecule has 2 saturated heterocycles. The highest BCUT2D eigenvalue weighted by atomic mass is 15.1. The Bertz CT molecular complexity index is 403. The summed E-state index contributed by atoms with van der Waals surface area (Å²) in [6.07, 6.45) is 6.56. The van der Waals surface area contributed by atoms with Gasteiger partial charge in [0, 0.05) is 36.5 Å². The first-order valence-corrected chi connectivity index (χ1v) is 8.16. The van der Waals surface area contributed by atoms with Gasteiger partial charge in [-0.05, 0) is 69.8 Å². The molecule has 1 aromatic carbocycles. The highest BCUT2D eigenvalue weighted by Crippen LogP contribution is 2.23. The van der Waals surface area contributed by atoms with Crippen LogP contribution in [0.4, 0.5) is 11.4 Å². The minimum atomic E-state index is 0.531. The van der Waals surface area contributed by atoms with Crippen LogP contribution in [0.1, 0.15) is 39.0 Å². The van der Waals surface area contributed by atoms with Gasteiger partial charge in [0.15, 0.2) is 0 Å². The fourth-order valence-corrected chi connectivity index (χ4v) is 3.47. The van der Waals surface area contributed by atoms with E-state index in [1.165, 1.54) is 63.1 Å². The van der Waals surface area contributed by atoms with Gasteiger partial charge in [-0.25, -0.2) is 0 Å². The number of nitrogens with zero attached hydrogens (tertiary/aromatic N) is 1. The number of hydrogen-bond donors (Lipinski definition) is 2. The largest absolute Gasteiger partial charge is 0.383 e. The van der Waals surface area contributed by atoms with Gasteiger partial charge in [0.05, 0.1) is 0 Å². The van der Waals surface area contributed by atoms with Crippen LogP contribution < -0.4 is 15.5 Å². The molecule has 0 aromatic heterocycles. The molecule has 2 atom stereocenters. The van der Waals surface area contributed by atoms with Crippen LogP contribution in [-0.4, -0.2) is 31.7 Å². The minimum absolute atomic E-state index is 0.531. The molecule has 0 bridgehead atoms. The Morgan fingerprint density at radius 2 is 1.95 bits per heavy atom. The monoisotopic (exact) mass is 273 g/mol. The molecule has 20 heavy (non-hydrogen) atoms. The number of benzene rings is 1. The molecule has 110 valence electrons. The summed E-state index contributed by atoms with van der Waals surface area (Å²) in [6.45, 7) is 5.92. The molecular weight excluding hydrogens is 246 g/mol. The normalized spacial score (nSPS) is 24.1. The van der Waals surface area contributed by atoms with Crippen LogP contribution in [0.2, 0.25) is 0 Å². The van der Waals surface area contributed by atoms with E-state index < -0.39 is 0 Å². The van der Waals surface area contributed by atoms with Gasteiger partial charge in [0.2, 0.25) is 0 Å². The lowest BCUT2D eigenvalue weighted by molar-refractivity contribution is 0.523. The van der Waals surface area contributed by atoms with Crippen LogP contribution >= 0.6 is 0 Å². The fourth-order valence-electron chi connectivity index (χ4n) is 3.47. The van der Waals surface area contributed by atoms with Crippen LogP contribution in [0.25, 0.3) is 0 Å². The summed E-state index contributed by atoms with van der Waals surface area (Å²) in [5.74, 6) is 0. The zero-order valence-corrected chi connectivity index (χ0v) is 12.6. The number of anilines is 2. The molecule has 0 aliphatic carbocycles. The third-order valence-electron chi connectivity index (χ3n) is 4.55. The minimum Gasteiger partial charge on any atom is -0.383 e. The maximum Gasteiger partial charge on any atom is 0.0367 e. The molecule has 2 aliphatic rings. The topological polar surface area (TPSA) is 27.3 Å². The molecule has 2 aliphatic heterocycles. The molecule has 0 amide bonds. The lowest BCUT2D eigenvalue weighted by Crippen LogP contribution is -2.29. The van der Waals surface area contributed by atoms with Crippen LogP contribution in [0.3, 0.4) is 0 Å². The van der Waals surface area contributed by atoms with E-state index in [-0.39, 0.29) is 0 Å². The van der Waals surface area contributed by atoms with Crippen molar-refractivity contribution in [2.45, 2.75) is 51.1 Å². The van der Waals surface area contributed by atoms with E-state index in [1.807, 2.05) is 0 Å². The standard InChI is InChI=1S/C17H27N3/c1-14(13-16-5-4-10-18-16)19-15-6-8-17(9-7-15)20-11-2-3-12-20/h6-9,14,16,18-19H,2-5,10-13H2,1H3. The first kappa shape index (κ1) is 13.7. The summed E-state index contributed by atoms with van der Waals surface area (Å²) in [6, 6.07) is 10.2. The Morgan fingerprint density at radius 3 is 2.60 bits per heavy atom. The number of nitrogens with one attached hydrogen (secondary N) is 2. The second-order valence-corrected chi connectivity index (χ2v) is 6.32. The van der Waals surface area contributed by atoms with E-state index in [9.17, 15) is 0 Å². The van der Waals surface area contributed by atoms with Crippen LogP contribution in [0, 0.1) is 0 Å². The first-order valence-electron chi connectivity index (χ1n) is 8.16. The Labute approximate surface area is 122 Å². The second kappa shape index (κ2) is 6.49. The van der Waals surface area contributed by atoms with Crippen molar-refractivity contribution in [2.24, 2.45) is 0 Å². The van der Waals surface area contributed by atoms with Crippen molar-refractivity contribution < 1.29 is 0 Å². The van der Waals surface area contributed by atoms with Crippen LogP contribution in [0.5, 0.6) is 0 Å². The SMILES string of the molecule is CC(CC1CCCN1)Nc1ccc(N2CCCC2)cc1. The van der Waals surface area contributed by atoms with Crippen LogP contribution in [0.15, 0.2) is 24.3 Å². The van der Waals surface area contributed by atoms with Crippen molar-refractivity contribution in [2.75, 3.05) is 29.9 Å². The molecule has 3 heteroatoms. The van der Waals surface area contributed by atoms with Crippen molar-refractivity contribution in [1.82, 2.24) is 5.32 Å². The maximum absolute atomic E-state index is 3.63. The number of hydrogen-bond acceptors (Lipinski definition) is 3. The highest BCUT2D eigenvalue weighted by molar-refractivity contribution is 5.55. The first-order chi connectivity index (χ1) is 9.81. The van der Waals surface area contributed by atoms with Gasteiger partial charge in [-0.1, -0.05) is 0 Å². The molecule has 2 unspecified atom stereocenters. The summed E-state index contributed by atoms with van der Waals surface area (Å²) in [5, 5.41) is 7.20. The Balaban J connectivity index is 1.51. The van der Waals surface area contributed by atoms with Gasteiger partial charge < -0.3 is 15.5 Å². The molecular formula is C17H27N3. The Hall–Kier alpha value is -1.22. The lowest BCUT2D eigenvalue weighted by Gasteiger charge is -2.21. The molecule has 0 saturated carbocycles. The third-order valence-corrected chi connectivity index (χ3v) is 4.55. The van der Waals surface area contributed by atoms with Crippen LogP contribution in [-0.2, 0) is 0 Å². The van der Waals surface area contributed by atoms with Crippen molar-refractivity contribution in [3.63, 3.8) is 0 Å². The van der Waals surface area contributed by atoms with E-state index in [1.54, 1.807) is 0 Å². The number of rotatable bonds is 5. The summed E-state index contributed by atoms with van der Waals surface area (Å²) in [4.78, 5) is 2.48. The van der Waals surface area contributed by atoms with Crippen molar-refractivity contribution in [1.29, 1.82) is 0 Å². The quantitative estimate of drug-likeness (QED) is 0.862. The zero-order valence-electron chi connectivity index (χ0n) is 12.6. The summed E-state index contributed by atoms with van der Waals surface area (Å²) >= 11 is 0. The van der Waals surface area contributed by atoms with Crippen molar-refractivity contribution in [3.8, 4) is 0 Å². The Morgan fingerprint density at radius 1 is 1.20 bits per heavy atom. The second-order valence-electron chi connectivity index (χ2n) is 6.32. The fraction of sp³-hybridized carbons (Fsp3) is 0.647. The lowest BCUT2D eigenvalue weighted by atomic mass is 10.1. The van der Waals surface area contributed by atoms with E-state index in [0.29, 0.717) is 12.1 Å².